The lowest BCUT2D eigenvalue weighted by Gasteiger charge is -2.25. The molecule has 1 aromatic rings. The standard InChI is InChI=1S/C14H15F4NO2/c1-20-14-12(17)10(15)9(11(16)13(14)18)3-2-4-19-5-7-21-8-6-19/h2-3H,4-8H2,1H3. The van der Waals surface area contributed by atoms with E-state index in [-0.39, 0.29) is 0 Å². The molecule has 0 aliphatic carbocycles. The Labute approximate surface area is 119 Å². The van der Waals surface area contributed by atoms with Gasteiger partial charge in [0.25, 0.3) is 0 Å². The van der Waals surface area contributed by atoms with Crippen LogP contribution >= 0.6 is 0 Å². The van der Waals surface area contributed by atoms with Crippen LogP contribution in [0.2, 0.25) is 0 Å². The quantitative estimate of drug-likeness (QED) is 0.630. The Kier molecular flexibility index (Phi) is 5.19. The molecule has 1 saturated heterocycles. The van der Waals surface area contributed by atoms with E-state index >= 15 is 0 Å². The van der Waals surface area contributed by atoms with Crippen LogP contribution in [0.4, 0.5) is 17.6 Å². The van der Waals surface area contributed by atoms with Gasteiger partial charge in [-0.3, -0.25) is 4.90 Å². The molecule has 0 radical (unpaired) electrons. The molecule has 1 heterocycles. The Hall–Kier alpha value is -1.60. The van der Waals surface area contributed by atoms with E-state index in [1.807, 2.05) is 4.90 Å². The highest BCUT2D eigenvalue weighted by molar-refractivity contribution is 5.54. The lowest BCUT2D eigenvalue weighted by Crippen LogP contribution is -2.36. The number of nitrogens with zero attached hydrogens (tertiary/aromatic N) is 1. The molecule has 1 aromatic carbocycles. The summed E-state index contributed by atoms with van der Waals surface area (Å²) in [5, 5.41) is 0. The second kappa shape index (κ2) is 6.91. The third kappa shape index (κ3) is 3.36. The number of benzene rings is 1. The zero-order chi connectivity index (χ0) is 15.4. The summed E-state index contributed by atoms with van der Waals surface area (Å²) in [7, 11) is 0.939. The second-order valence-corrected chi connectivity index (χ2v) is 4.52. The first-order chi connectivity index (χ1) is 10.1. The Morgan fingerprint density at radius 3 is 2.14 bits per heavy atom. The van der Waals surface area contributed by atoms with Gasteiger partial charge in [-0.2, -0.15) is 8.78 Å². The number of hydrogen-bond acceptors (Lipinski definition) is 3. The molecule has 1 fully saturated rings. The highest BCUT2D eigenvalue weighted by Gasteiger charge is 2.24. The molecule has 3 nitrogen and oxygen atoms in total. The monoisotopic (exact) mass is 305 g/mol. The average Bonchev–Trinajstić information content (AvgIpc) is 2.50. The summed E-state index contributed by atoms with van der Waals surface area (Å²) in [5.41, 5.74) is -0.751. The number of methoxy groups -OCH3 is 1. The Bertz CT molecular complexity index is 513. The van der Waals surface area contributed by atoms with Crippen molar-refractivity contribution in [2.45, 2.75) is 0 Å². The lowest BCUT2D eigenvalue weighted by molar-refractivity contribution is 0.0435. The SMILES string of the molecule is COc1c(F)c(F)c(C=CCN2CCOCC2)c(F)c1F. The first-order valence-electron chi connectivity index (χ1n) is 6.42. The zero-order valence-electron chi connectivity index (χ0n) is 11.5. The van der Waals surface area contributed by atoms with Crippen molar-refractivity contribution in [2.24, 2.45) is 0 Å². The largest absolute Gasteiger partial charge is 0.491 e. The number of ether oxygens (including phenoxy) is 2. The summed E-state index contributed by atoms with van der Waals surface area (Å²) in [5.74, 6) is -7.08. The van der Waals surface area contributed by atoms with Crippen LogP contribution in [0.5, 0.6) is 5.75 Å². The van der Waals surface area contributed by atoms with Gasteiger partial charge in [-0.05, 0) is 0 Å². The van der Waals surface area contributed by atoms with Crippen molar-refractivity contribution in [2.75, 3.05) is 40.0 Å². The van der Waals surface area contributed by atoms with Crippen LogP contribution in [0.3, 0.4) is 0 Å². The Balaban J connectivity index is 2.19. The van der Waals surface area contributed by atoms with Crippen LogP contribution in [0.25, 0.3) is 6.08 Å². The third-order valence-corrected chi connectivity index (χ3v) is 3.21. The predicted octanol–water partition coefficient (Wildman–Crippen LogP) is 2.60. The molecule has 0 spiro atoms. The van der Waals surface area contributed by atoms with Gasteiger partial charge in [0.2, 0.25) is 11.6 Å². The van der Waals surface area contributed by atoms with E-state index in [4.69, 9.17) is 4.74 Å². The van der Waals surface area contributed by atoms with Gasteiger partial charge >= 0.3 is 0 Å². The maximum absolute atomic E-state index is 13.7. The number of rotatable bonds is 4. The summed E-state index contributed by atoms with van der Waals surface area (Å²) in [4.78, 5) is 1.99. The third-order valence-electron chi connectivity index (χ3n) is 3.21. The van der Waals surface area contributed by atoms with Crippen molar-refractivity contribution in [3.63, 3.8) is 0 Å². The lowest BCUT2D eigenvalue weighted by atomic mass is 10.1. The summed E-state index contributed by atoms with van der Waals surface area (Å²) in [6.07, 6.45) is 2.49. The van der Waals surface area contributed by atoms with Crippen molar-refractivity contribution < 1.29 is 27.0 Å². The minimum Gasteiger partial charge on any atom is -0.491 e. The molecule has 2 rings (SSSR count). The minimum absolute atomic E-state index is 0.414. The molecule has 0 bridgehead atoms. The summed E-state index contributed by atoms with van der Waals surface area (Å²) >= 11 is 0. The normalized spacial score (nSPS) is 16.6. The van der Waals surface area contributed by atoms with E-state index in [0.717, 1.165) is 13.2 Å². The molecule has 7 heteroatoms. The van der Waals surface area contributed by atoms with Gasteiger partial charge < -0.3 is 9.47 Å². The number of hydrogen-bond donors (Lipinski definition) is 0. The molecule has 0 atom stereocenters. The maximum Gasteiger partial charge on any atom is 0.204 e. The van der Waals surface area contributed by atoms with Gasteiger partial charge in [0.15, 0.2) is 17.4 Å². The topological polar surface area (TPSA) is 21.7 Å². The van der Waals surface area contributed by atoms with Crippen LogP contribution in [-0.4, -0.2) is 44.9 Å². The molecular weight excluding hydrogens is 290 g/mol. The fourth-order valence-electron chi connectivity index (χ4n) is 2.06. The van der Waals surface area contributed by atoms with E-state index < -0.39 is 34.6 Å². The average molecular weight is 305 g/mol. The summed E-state index contributed by atoms with van der Waals surface area (Å²) in [6, 6.07) is 0. The van der Waals surface area contributed by atoms with Gasteiger partial charge in [-0.15, -0.1) is 0 Å². The molecule has 0 unspecified atom stereocenters. The van der Waals surface area contributed by atoms with Gasteiger partial charge in [0.05, 0.1) is 25.9 Å². The molecule has 1 aliphatic heterocycles. The van der Waals surface area contributed by atoms with Crippen molar-refractivity contribution >= 4 is 6.08 Å². The number of halogens is 4. The first kappa shape index (κ1) is 15.8. The smallest absolute Gasteiger partial charge is 0.204 e. The highest BCUT2D eigenvalue weighted by atomic mass is 19.2. The summed E-state index contributed by atoms with van der Waals surface area (Å²) in [6.45, 7) is 2.98. The fraction of sp³-hybridized carbons (Fsp3) is 0.429. The van der Waals surface area contributed by atoms with Gasteiger partial charge in [-0.25, -0.2) is 8.78 Å². The minimum atomic E-state index is -1.54. The van der Waals surface area contributed by atoms with E-state index in [0.29, 0.717) is 32.8 Å². The maximum atomic E-state index is 13.7. The van der Waals surface area contributed by atoms with Crippen LogP contribution < -0.4 is 4.74 Å². The molecule has 1 aliphatic rings. The highest BCUT2D eigenvalue weighted by Crippen LogP contribution is 2.30. The van der Waals surface area contributed by atoms with E-state index in [9.17, 15) is 17.6 Å². The molecule has 0 amide bonds. The van der Waals surface area contributed by atoms with Crippen LogP contribution in [-0.2, 0) is 4.74 Å². The number of morpholine rings is 1. The molecule has 0 aromatic heterocycles. The second-order valence-electron chi connectivity index (χ2n) is 4.52. The molecular formula is C14H15F4NO2. The van der Waals surface area contributed by atoms with E-state index in [2.05, 4.69) is 4.74 Å². The molecule has 0 saturated carbocycles. The molecule has 0 N–H and O–H groups in total. The van der Waals surface area contributed by atoms with Gasteiger partial charge in [0, 0.05) is 19.6 Å². The van der Waals surface area contributed by atoms with E-state index in [1.54, 1.807) is 0 Å². The van der Waals surface area contributed by atoms with Crippen LogP contribution in [0, 0.1) is 23.3 Å². The molecule has 116 valence electrons. The van der Waals surface area contributed by atoms with Gasteiger partial charge in [-0.1, -0.05) is 12.2 Å². The van der Waals surface area contributed by atoms with Crippen LogP contribution in [0.1, 0.15) is 5.56 Å². The zero-order valence-corrected chi connectivity index (χ0v) is 11.5. The Morgan fingerprint density at radius 2 is 1.62 bits per heavy atom. The van der Waals surface area contributed by atoms with Gasteiger partial charge in [0.1, 0.15) is 0 Å². The van der Waals surface area contributed by atoms with Crippen molar-refractivity contribution in [1.82, 2.24) is 4.90 Å². The Morgan fingerprint density at radius 1 is 1.05 bits per heavy atom. The van der Waals surface area contributed by atoms with E-state index in [1.165, 1.54) is 6.08 Å². The van der Waals surface area contributed by atoms with Crippen molar-refractivity contribution in [3.05, 3.63) is 34.9 Å². The summed E-state index contributed by atoms with van der Waals surface area (Å²) < 4.78 is 63.9. The van der Waals surface area contributed by atoms with Crippen molar-refractivity contribution in [1.29, 1.82) is 0 Å². The predicted molar refractivity (Wildman–Crippen MR) is 69.1 cm³/mol. The first-order valence-corrected chi connectivity index (χ1v) is 6.42. The molecule has 21 heavy (non-hydrogen) atoms. The van der Waals surface area contributed by atoms with Crippen molar-refractivity contribution in [3.8, 4) is 5.75 Å². The van der Waals surface area contributed by atoms with Crippen LogP contribution in [0.15, 0.2) is 6.08 Å². The fourth-order valence-corrected chi connectivity index (χ4v) is 2.06.